The molecule has 2 aromatic carbocycles. The second kappa shape index (κ2) is 7.05. The van der Waals surface area contributed by atoms with Crippen LogP contribution in [-0.2, 0) is 9.59 Å². The number of nitrogens with zero attached hydrogens (tertiary/aromatic N) is 1. The third-order valence-electron chi connectivity index (χ3n) is 5.49. The highest BCUT2D eigenvalue weighted by atomic mass is 32.2. The minimum Gasteiger partial charge on any atom is -0.480 e. The Bertz CT molecular complexity index is 1030. The molecule has 0 aliphatic carbocycles. The van der Waals surface area contributed by atoms with Gasteiger partial charge in [0.05, 0.1) is 5.56 Å². The molecular weight excluding hydrogens is 404 g/mol. The van der Waals surface area contributed by atoms with Gasteiger partial charge in [0, 0.05) is 4.75 Å². The number of carboxylic acids is 1. The molecule has 2 aliphatic rings. The van der Waals surface area contributed by atoms with Crippen LogP contribution in [0.5, 0.6) is 11.5 Å². The Morgan fingerprint density at radius 1 is 1.07 bits per heavy atom. The van der Waals surface area contributed by atoms with Crippen molar-refractivity contribution in [3.8, 4) is 11.5 Å². The quantitative estimate of drug-likeness (QED) is 0.714. The van der Waals surface area contributed by atoms with Gasteiger partial charge in [-0.2, -0.15) is 0 Å². The molecule has 2 saturated heterocycles. The number of carboxylic acid groups (broad SMARTS) is 1. The highest BCUT2D eigenvalue weighted by molar-refractivity contribution is 8.01. The predicted octanol–water partition coefficient (Wildman–Crippen LogP) is 3.11. The summed E-state index contributed by atoms with van der Waals surface area (Å²) < 4.78 is 5.19. The fourth-order valence-electron chi connectivity index (χ4n) is 4.00. The SMILES string of the molecule is CC1(C)S[C@H]2N(C(=O)C2(C)NC(=O)c2ccccc2Oc2ccccc2)[C@H]1C(=O)O. The van der Waals surface area contributed by atoms with Gasteiger partial charge in [0.25, 0.3) is 11.8 Å². The molecule has 0 radical (unpaired) electrons. The molecule has 1 unspecified atom stereocenters. The van der Waals surface area contributed by atoms with Gasteiger partial charge in [-0.15, -0.1) is 11.8 Å². The van der Waals surface area contributed by atoms with Gasteiger partial charge in [0.1, 0.15) is 28.5 Å². The summed E-state index contributed by atoms with van der Waals surface area (Å²) in [6.07, 6.45) is 0. The smallest absolute Gasteiger partial charge is 0.327 e. The monoisotopic (exact) mass is 426 g/mol. The summed E-state index contributed by atoms with van der Waals surface area (Å²) in [6.45, 7) is 5.24. The van der Waals surface area contributed by atoms with Crippen LogP contribution in [0.2, 0.25) is 0 Å². The summed E-state index contributed by atoms with van der Waals surface area (Å²) >= 11 is 1.39. The van der Waals surface area contributed by atoms with Crippen molar-refractivity contribution in [2.24, 2.45) is 0 Å². The Hall–Kier alpha value is -3.00. The summed E-state index contributed by atoms with van der Waals surface area (Å²) in [7, 11) is 0. The van der Waals surface area contributed by atoms with E-state index in [-0.39, 0.29) is 0 Å². The topological polar surface area (TPSA) is 95.9 Å². The highest BCUT2D eigenvalue weighted by Gasteiger charge is 2.70. The minimum absolute atomic E-state index is 0.297. The highest BCUT2D eigenvalue weighted by Crippen LogP contribution is 2.54. The summed E-state index contributed by atoms with van der Waals surface area (Å²) in [5, 5.41) is 12.0. The van der Waals surface area contributed by atoms with E-state index < -0.39 is 39.5 Å². The van der Waals surface area contributed by atoms with Crippen LogP contribution in [0.4, 0.5) is 0 Å². The molecule has 7 nitrogen and oxygen atoms in total. The van der Waals surface area contributed by atoms with Crippen molar-refractivity contribution in [3.05, 3.63) is 60.2 Å². The lowest BCUT2D eigenvalue weighted by Gasteiger charge is -2.51. The molecule has 2 amide bonds. The predicted molar refractivity (Wildman–Crippen MR) is 113 cm³/mol. The van der Waals surface area contributed by atoms with E-state index in [9.17, 15) is 19.5 Å². The Kier molecular flexibility index (Phi) is 4.77. The van der Waals surface area contributed by atoms with Gasteiger partial charge in [-0.25, -0.2) is 4.79 Å². The van der Waals surface area contributed by atoms with Crippen molar-refractivity contribution >= 4 is 29.5 Å². The van der Waals surface area contributed by atoms with Crippen LogP contribution in [0, 0.1) is 0 Å². The summed E-state index contributed by atoms with van der Waals surface area (Å²) in [4.78, 5) is 39.1. The molecule has 156 valence electrons. The van der Waals surface area contributed by atoms with Crippen LogP contribution < -0.4 is 10.1 Å². The number of para-hydroxylation sites is 2. The van der Waals surface area contributed by atoms with Crippen molar-refractivity contribution in [2.45, 2.75) is 42.5 Å². The van der Waals surface area contributed by atoms with Crippen molar-refractivity contribution in [2.75, 3.05) is 0 Å². The molecule has 2 aromatic rings. The molecule has 2 N–H and O–H groups in total. The molecule has 0 saturated carbocycles. The van der Waals surface area contributed by atoms with Crippen LogP contribution in [0.25, 0.3) is 0 Å². The van der Waals surface area contributed by atoms with Crippen molar-refractivity contribution in [3.63, 3.8) is 0 Å². The molecule has 0 spiro atoms. The van der Waals surface area contributed by atoms with E-state index in [4.69, 9.17) is 4.74 Å². The second-order valence-corrected chi connectivity index (χ2v) is 9.83. The Labute approximate surface area is 178 Å². The zero-order valence-corrected chi connectivity index (χ0v) is 17.6. The number of hydrogen-bond donors (Lipinski definition) is 2. The van der Waals surface area contributed by atoms with Gasteiger partial charge in [-0.3, -0.25) is 9.59 Å². The van der Waals surface area contributed by atoms with E-state index in [2.05, 4.69) is 5.32 Å². The van der Waals surface area contributed by atoms with E-state index in [0.29, 0.717) is 17.1 Å². The van der Waals surface area contributed by atoms with Crippen molar-refractivity contribution in [1.82, 2.24) is 10.2 Å². The number of aliphatic carboxylic acids is 1. The molecule has 0 bridgehead atoms. The number of fused-ring (bicyclic) bond motifs is 1. The second-order valence-electron chi connectivity index (χ2n) is 8.09. The van der Waals surface area contributed by atoms with Crippen LogP contribution >= 0.6 is 11.8 Å². The summed E-state index contributed by atoms with van der Waals surface area (Å²) in [5.41, 5.74) is -0.894. The van der Waals surface area contributed by atoms with E-state index in [1.54, 1.807) is 57.2 Å². The van der Waals surface area contributed by atoms with Crippen LogP contribution in [0.1, 0.15) is 31.1 Å². The maximum atomic E-state index is 13.1. The van der Waals surface area contributed by atoms with E-state index >= 15 is 0 Å². The molecule has 8 heteroatoms. The Balaban J connectivity index is 1.57. The van der Waals surface area contributed by atoms with E-state index in [1.807, 2.05) is 18.2 Å². The number of carbonyl (C=O) groups excluding carboxylic acids is 2. The molecule has 3 atom stereocenters. The number of ether oxygens (including phenoxy) is 1. The number of benzene rings is 2. The number of β-lactam (4-membered cyclic amide) rings is 1. The Morgan fingerprint density at radius 2 is 1.70 bits per heavy atom. The van der Waals surface area contributed by atoms with Crippen molar-refractivity contribution in [1.29, 1.82) is 0 Å². The summed E-state index contributed by atoms with van der Waals surface area (Å²) in [6, 6.07) is 15.0. The lowest BCUT2D eigenvalue weighted by Crippen LogP contribution is -2.78. The normalized spacial score (nSPS) is 26.5. The number of thioether (sulfide) groups is 1. The van der Waals surface area contributed by atoms with E-state index in [0.717, 1.165) is 0 Å². The molecule has 2 heterocycles. The largest absolute Gasteiger partial charge is 0.480 e. The van der Waals surface area contributed by atoms with Gasteiger partial charge in [0.2, 0.25) is 0 Å². The standard InChI is InChI=1S/C22H22N2O5S/c1-21(2)16(18(26)27)24-19(28)22(3,20(24)30-21)23-17(25)14-11-7-8-12-15(14)29-13-9-5-4-6-10-13/h4-12,16,20H,1-3H3,(H,23,25)(H,26,27)/t16-,20+,22?/m0/s1. The van der Waals surface area contributed by atoms with Gasteiger partial charge >= 0.3 is 5.97 Å². The lowest BCUT2D eigenvalue weighted by atomic mass is 9.86. The number of nitrogens with one attached hydrogen (secondary N) is 1. The summed E-state index contributed by atoms with van der Waals surface area (Å²) in [5.74, 6) is -0.927. The zero-order chi connectivity index (χ0) is 21.7. The maximum Gasteiger partial charge on any atom is 0.327 e. The zero-order valence-electron chi connectivity index (χ0n) is 16.8. The van der Waals surface area contributed by atoms with Gasteiger partial charge in [-0.1, -0.05) is 30.3 Å². The Morgan fingerprint density at radius 3 is 2.37 bits per heavy atom. The van der Waals surface area contributed by atoms with Crippen molar-refractivity contribution < 1.29 is 24.2 Å². The van der Waals surface area contributed by atoms with Crippen LogP contribution in [0.3, 0.4) is 0 Å². The molecule has 0 aromatic heterocycles. The number of rotatable bonds is 5. The maximum absolute atomic E-state index is 13.1. The lowest BCUT2D eigenvalue weighted by molar-refractivity contribution is -0.165. The first-order chi connectivity index (χ1) is 14.1. The number of amides is 2. The third kappa shape index (κ3) is 3.11. The fraction of sp³-hybridized carbons (Fsp3) is 0.318. The average molecular weight is 426 g/mol. The average Bonchev–Trinajstić information content (AvgIpc) is 2.98. The first-order valence-electron chi connectivity index (χ1n) is 9.53. The molecule has 2 aliphatic heterocycles. The molecular formula is C22H22N2O5S. The van der Waals surface area contributed by atoms with Gasteiger partial charge in [-0.05, 0) is 45.0 Å². The third-order valence-corrected chi connectivity index (χ3v) is 7.24. The first kappa shape index (κ1) is 20.3. The number of carbonyl (C=O) groups is 3. The number of hydrogen-bond acceptors (Lipinski definition) is 5. The van der Waals surface area contributed by atoms with Gasteiger partial charge < -0.3 is 20.1 Å². The first-order valence-corrected chi connectivity index (χ1v) is 10.4. The van der Waals surface area contributed by atoms with Gasteiger partial charge in [0.15, 0.2) is 0 Å². The van der Waals surface area contributed by atoms with Crippen LogP contribution in [-0.4, -0.2) is 49.5 Å². The van der Waals surface area contributed by atoms with Crippen LogP contribution in [0.15, 0.2) is 54.6 Å². The fourth-order valence-corrected chi connectivity index (χ4v) is 5.65. The molecule has 30 heavy (non-hydrogen) atoms. The molecule has 2 fully saturated rings. The van der Waals surface area contributed by atoms with E-state index in [1.165, 1.54) is 16.7 Å². The minimum atomic E-state index is -1.19. The molecule has 4 rings (SSSR count).